The molecule has 0 amide bonds. The van der Waals surface area contributed by atoms with Crippen LogP contribution in [-0.2, 0) is 11.2 Å². The highest BCUT2D eigenvalue weighted by atomic mass is 16.5. The quantitative estimate of drug-likeness (QED) is 0.837. The summed E-state index contributed by atoms with van der Waals surface area (Å²) in [5, 5.41) is 7.30. The van der Waals surface area contributed by atoms with Crippen molar-refractivity contribution in [3.8, 4) is 0 Å². The Kier molecular flexibility index (Phi) is 3.90. The van der Waals surface area contributed by atoms with Gasteiger partial charge in [-0.3, -0.25) is 0 Å². The van der Waals surface area contributed by atoms with Gasteiger partial charge in [-0.15, -0.1) is 0 Å². The molecule has 0 aromatic carbocycles. The van der Waals surface area contributed by atoms with Gasteiger partial charge < -0.3 is 14.6 Å². The number of hydrogen-bond donors (Lipinski definition) is 1. The predicted octanol–water partition coefficient (Wildman–Crippen LogP) is 1.32. The number of morpholine rings is 1. The maximum Gasteiger partial charge on any atom is 0.226 e. The second kappa shape index (κ2) is 5.41. The fourth-order valence-electron chi connectivity index (χ4n) is 1.67. The van der Waals surface area contributed by atoms with Gasteiger partial charge in [0.05, 0.1) is 19.3 Å². The zero-order chi connectivity index (χ0) is 11.4. The summed E-state index contributed by atoms with van der Waals surface area (Å²) in [7, 11) is 0. The highest BCUT2D eigenvalue weighted by Gasteiger charge is 2.21. The van der Waals surface area contributed by atoms with E-state index in [0.29, 0.717) is 12.5 Å². The van der Waals surface area contributed by atoms with Crippen molar-refractivity contribution in [1.82, 2.24) is 15.5 Å². The molecule has 0 radical (unpaired) electrons. The molecule has 0 bridgehead atoms. The minimum Gasteiger partial charge on any atom is -0.378 e. The molecule has 1 aliphatic rings. The summed E-state index contributed by atoms with van der Waals surface area (Å²) in [4.78, 5) is 4.40. The molecule has 5 heteroatoms. The monoisotopic (exact) mass is 225 g/mol. The Morgan fingerprint density at radius 2 is 2.44 bits per heavy atom. The Labute approximate surface area is 95.6 Å². The average molecular weight is 225 g/mol. The molecule has 2 atom stereocenters. The lowest BCUT2D eigenvalue weighted by Crippen LogP contribution is -2.35. The second-order valence-corrected chi connectivity index (χ2v) is 4.35. The van der Waals surface area contributed by atoms with Crippen LogP contribution in [0.15, 0.2) is 4.52 Å². The zero-order valence-corrected chi connectivity index (χ0v) is 9.90. The molecule has 1 fully saturated rings. The maximum absolute atomic E-state index is 5.36. The number of aromatic nitrogens is 2. The van der Waals surface area contributed by atoms with Gasteiger partial charge in [0.15, 0.2) is 5.82 Å². The molecule has 1 N–H and O–H groups in total. The minimum absolute atomic E-state index is 0.0863. The molecular formula is C11H19N3O2. The van der Waals surface area contributed by atoms with E-state index in [2.05, 4.69) is 29.3 Å². The molecular weight excluding hydrogens is 206 g/mol. The Morgan fingerprint density at radius 3 is 3.12 bits per heavy atom. The summed E-state index contributed by atoms with van der Waals surface area (Å²) in [6.45, 7) is 6.58. The van der Waals surface area contributed by atoms with Crippen LogP contribution in [0.3, 0.4) is 0 Å². The third-order valence-corrected chi connectivity index (χ3v) is 2.94. The normalized spacial score (nSPS) is 23.2. The van der Waals surface area contributed by atoms with Gasteiger partial charge in [0.2, 0.25) is 5.89 Å². The molecule has 1 aliphatic heterocycles. The van der Waals surface area contributed by atoms with E-state index in [1.165, 1.54) is 0 Å². The lowest BCUT2D eigenvalue weighted by atomic mass is 10.1. The van der Waals surface area contributed by atoms with E-state index in [1.54, 1.807) is 0 Å². The third-order valence-electron chi connectivity index (χ3n) is 2.94. The predicted molar refractivity (Wildman–Crippen MR) is 59.0 cm³/mol. The van der Waals surface area contributed by atoms with Gasteiger partial charge in [0, 0.05) is 13.0 Å². The van der Waals surface area contributed by atoms with Crippen LogP contribution in [0, 0.1) is 5.92 Å². The lowest BCUT2D eigenvalue weighted by Gasteiger charge is -2.20. The zero-order valence-electron chi connectivity index (χ0n) is 9.90. The van der Waals surface area contributed by atoms with Crippen LogP contribution in [0.1, 0.15) is 38.0 Å². The first kappa shape index (κ1) is 11.5. The molecule has 0 aliphatic carbocycles. The van der Waals surface area contributed by atoms with Crippen molar-refractivity contribution in [2.24, 2.45) is 5.92 Å². The molecule has 1 saturated heterocycles. The highest BCUT2D eigenvalue weighted by Crippen LogP contribution is 2.15. The van der Waals surface area contributed by atoms with Crippen LogP contribution >= 0.6 is 0 Å². The average Bonchev–Trinajstić information content (AvgIpc) is 2.78. The Hall–Kier alpha value is -0.940. The van der Waals surface area contributed by atoms with E-state index in [1.807, 2.05) is 0 Å². The summed E-state index contributed by atoms with van der Waals surface area (Å²) in [5.41, 5.74) is 0. The molecule has 0 saturated carbocycles. The number of nitrogens with one attached hydrogen (secondary N) is 1. The van der Waals surface area contributed by atoms with Gasteiger partial charge in [-0.1, -0.05) is 25.4 Å². The van der Waals surface area contributed by atoms with E-state index in [9.17, 15) is 0 Å². The van der Waals surface area contributed by atoms with Crippen LogP contribution in [0.4, 0.5) is 0 Å². The highest BCUT2D eigenvalue weighted by molar-refractivity contribution is 4.95. The van der Waals surface area contributed by atoms with E-state index in [0.717, 1.165) is 37.7 Å². The number of rotatable bonds is 4. The Morgan fingerprint density at radius 1 is 1.56 bits per heavy atom. The van der Waals surface area contributed by atoms with Crippen LogP contribution < -0.4 is 5.32 Å². The van der Waals surface area contributed by atoms with Crippen molar-refractivity contribution >= 4 is 0 Å². The van der Waals surface area contributed by atoms with E-state index >= 15 is 0 Å². The molecule has 90 valence electrons. The van der Waals surface area contributed by atoms with Crippen molar-refractivity contribution in [2.75, 3.05) is 19.8 Å². The van der Waals surface area contributed by atoms with Gasteiger partial charge in [0.25, 0.3) is 0 Å². The molecule has 1 aromatic rings. The van der Waals surface area contributed by atoms with Crippen molar-refractivity contribution in [1.29, 1.82) is 0 Å². The maximum atomic E-state index is 5.36. The van der Waals surface area contributed by atoms with Crippen LogP contribution in [-0.4, -0.2) is 29.9 Å². The van der Waals surface area contributed by atoms with Gasteiger partial charge >= 0.3 is 0 Å². The SMILES string of the molecule is CCC(C)Cc1nc(C2COCCN2)no1. The minimum atomic E-state index is 0.0863. The number of hydrogen-bond acceptors (Lipinski definition) is 5. The molecule has 0 spiro atoms. The first-order valence-corrected chi connectivity index (χ1v) is 5.93. The summed E-state index contributed by atoms with van der Waals surface area (Å²) in [6, 6.07) is 0.0863. The standard InChI is InChI=1S/C11H19N3O2/c1-3-8(2)6-10-13-11(14-16-10)9-7-15-5-4-12-9/h8-9,12H,3-7H2,1-2H3. The van der Waals surface area contributed by atoms with Crippen LogP contribution in [0.5, 0.6) is 0 Å². The summed E-state index contributed by atoms with van der Waals surface area (Å²) in [6.07, 6.45) is 1.99. The summed E-state index contributed by atoms with van der Waals surface area (Å²) >= 11 is 0. The van der Waals surface area contributed by atoms with Crippen molar-refractivity contribution in [2.45, 2.75) is 32.7 Å². The Bertz CT molecular complexity index is 321. The van der Waals surface area contributed by atoms with Gasteiger partial charge in [-0.2, -0.15) is 4.98 Å². The van der Waals surface area contributed by atoms with Gasteiger partial charge in [0.1, 0.15) is 0 Å². The second-order valence-electron chi connectivity index (χ2n) is 4.35. The smallest absolute Gasteiger partial charge is 0.226 e. The first-order valence-electron chi connectivity index (χ1n) is 5.93. The van der Waals surface area contributed by atoms with Crippen LogP contribution in [0.2, 0.25) is 0 Å². The summed E-state index contributed by atoms with van der Waals surface area (Å²) < 4.78 is 10.6. The molecule has 5 nitrogen and oxygen atoms in total. The van der Waals surface area contributed by atoms with Gasteiger partial charge in [-0.25, -0.2) is 0 Å². The molecule has 16 heavy (non-hydrogen) atoms. The Balaban J connectivity index is 1.95. The number of nitrogens with zero attached hydrogens (tertiary/aromatic N) is 2. The fourth-order valence-corrected chi connectivity index (χ4v) is 1.67. The third kappa shape index (κ3) is 2.80. The van der Waals surface area contributed by atoms with Crippen molar-refractivity contribution in [3.63, 3.8) is 0 Å². The van der Waals surface area contributed by atoms with Crippen LogP contribution in [0.25, 0.3) is 0 Å². The topological polar surface area (TPSA) is 60.2 Å². The molecule has 2 rings (SSSR count). The first-order chi connectivity index (χ1) is 7.79. The fraction of sp³-hybridized carbons (Fsp3) is 0.818. The van der Waals surface area contributed by atoms with E-state index in [4.69, 9.17) is 9.26 Å². The van der Waals surface area contributed by atoms with Crippen molar-refractivity contribution < 1.29 is 9.26 Å². The number of ether oxygens (including phenoxy) is 1. The molecule has 2 heterocycles. The lowest BCUT2D eigenvalue weighted by molar-refractivity contribution is 0.0734. The van der Waals surface area contributed by atoms with Gasteiger partial charge in [-0.05, 0) is 5.92 Å². The molecule has 1 aromatic heterocycles. The van der Waals surface area contributed by atoms with Crippen molar-refractivity contribution in [3.05, 3.63) is 11.7 Å². The largest absolute Gasteiger partial charge is 0.378 e. The summed E-state index contributed by atoms with van der Waals surface area (Å²) in [5.74, 6) is 2.04. The van der Waals surface area contributed by atoms with E-state index in [-0.39, 0.29) is 6.04 Å². The molecule has 2 unspecified atom stereocenters. The van der Waals surface area contributed by atoms with E-state index < -0.39 is 0 Å².